The van der Waals surface area contributed by atoms with E-state index in [4.69, 9.17) is 11.6 Å². The van der Waals surface area contributed by atoms with Crippen LogP contribution in [0.1, 0.15) is 70.6 Å². The molecule has 8 heteroatoms. The van der Waals surface area contributed by atoms with Crippen LogP contribution in [0.2, 0.25) is 5.02 Å². The Morgan fingerprint density at radius 2 is 1.67 bits per heavy atom. The van der Waals surface area contributed by atoms with Crippen LogP contribution in [-0.2, 0) is 4.79 Å². The normalized spacial score (nSPS) is 17.1. The first-order chi connectivity index (χ1) is 14.5. The second-order valence-electron chi connectivity index (χ2n) is 7.67. The van der Waals surface area contributed by atoms with Gasteiger partial charge in [0.1, 0.15) is 16.7 Å². The topological polar surface area (TPSA) is 108 Å². The second kappa shape index (κ2) is 12.9. The van der Waals surface area contributed by atoms with Crippen LogP contribution >= 0.6 is 11.6 Å². The summed E-state index contributed by atoms with van der Waals surface area (Å²) in [5, 5.41) is 26.2. The summed E-state index contributed by atoms with van der Waals surface area (Å²) < 4.78 is 0. The van der Waals surface area contributed by atoms with Crippen LogP contribution in [0.25, 0.3) is 0 Å². The standard InChI is InChI=1S/C22H29ClN4O3/c23-20-13-12-19(14-21(20)27(29)30)26-22(28)17(15-24)16-25-18-10-8-6-4-2-1-3-5-7-9-11-18/h12-14,16,18,25H,1-11H2,(H,26,28)/b17-16-. The van der Waals surface area contributed by atoms with Gasteiger partial charge in [-0.1, -0.05) is 69.4 Å². The van der Waals surface area contributed by atoms with Gasteiger partial charge >= 0.3 is 0 Å². The molecule has 0 spiro atoms. The number of hydrogen-bond donors (Lipinski definition) is 2. The number of nitro benzene ring substituents is 1. The van der Waals surface area contributed by atoms with Gasteiger partial charge in [0, 0.05) is 24.0 Å². The molecule has 1 aromatic rings. The molecule has 0 saturated heterocycles. The molecule has 1 fully saturated rings. The Morgan fingerprint density at radius 3 is 2.20 bits per heavy atom. The highest BCUT2D eigenvalue weighted by Gasteiger charge is 2.16. The van der Waals surface area contributed by atoms with E-state index in [0.29, 0.717) is 0 Å². The maximum atomic E-state index is 12.4. The minimum atomic E-state index is -0.621. The Kier molecular flexibility index (Phi) is 10.2. The van der Waals surface area contributed by atoms with Crippen LogP contribution in [0, 0.1) is 21.4 Å². The molecule has 0 unspecified atom stereocenters. The van der Waals surface area contributed by atoms with Gasteiger partial charge in [0.15, 0.2) is 0 Å². The summed E-state index contributed by atoms with van der Waals surface area (Å²) in [5.74, 6) is -0.616. The zero-order valence-corrected chi connectivity index (χ0v) is 17.9. The SMILES string of the molecule is N#C/C(=C/NC1CCCCCCCCCCC1)C(=O)Nc1ccc(Cl)c([N+](=O)[O-])c1. The number of amides is 1. The van der Waals surface area contributed by atoms with E-state index in [2.05, 4.69) is 10.6 Å². The zero-order valence-electron chi connectivity index (χ0n) is 17.2. The van der Waals surface area contributed by atoms with E-state index in [9.17, 15) is 20.2 Å². The van der Waals surface area contributed by atoms with Crippen molar-refractivity contribution in [2.75, 3.05) is 5.32 Å². The van der Waals surface area contributed by atoms with Crippen LogP contribution in [-0.4, -0.2) is 16.9 Å². The predicted octanol–water partition coefficient (Wildman–Crippen LogP) is 5.86. The van der Waals surface area contributed by atoms with Crippen molar-refractivity contribution in [1.82, 2.24) is 5.32 Å². The third-order valence-corrected chi connectivity index (χ3v) is 5.65. The summed E-state index contributed by atoms with van der Waals surface area (Å²) in [6.07, 6.45) is 14.7. The van der Waals surface area contributed by atoms with Crippen molar-refractivity contribution < 1.29 is 9.72 Å². The molecule has 30 heavy (non-hydrogen) atoms. The number of carbonyl (C=O) groups excluding carboxylic acids is 1. The molecule has 1 amide bonds. The van der Waals surface area contributed by atoms with Crippen LogP contribution in [0.4, 0.5) is 11.4 Å². The second-order valence-corrected chi connectivity index (χ2v) is 8.08. The summed E-state index contributed by atoms with van der Waals surface area (Å²) in [6.45, 7) is 0. The number of anilines is 1. The Balaban J connectivity index is 1.98. The average molecular weight is 433 g/mol. The highest BCUT2D eigenvalue weighted by molar-refractivity contribution is 6.32. The Morgan fingerprint density at radius 1 is 1.10 bits per heavy atom. The van der Waals surface area contributed by atoms with Crippen molar-refractivity contribution in [2.24, 2.45) is 0 Å². The molecule has 1 aliphatic carbocycles. The first-order valence-electron chi connectivity index (χ1n) is 10.6. The van der Waals surface area contributed by atoms with Crippen molar-refractivity contribution in [3.8, 4) is 6.07 Å². The lowest BCUT2D eigenvalue weighted by Crippen LogP contribution is -2.26. The van der Waals surface area contributed by atoms with Crippen molar-refractivity contribution in [2.45, 2.75) is 76.7 Å². The molecule has 1 saturated carbocycles. The van der Waals surface area contributed by atoms with Crippen molar-refractivity contribution >= 4 is 28.9 Å². The van der Waals surface area contributed by atoms with Gasteiger partial charge in [0.05, 0.1) is 4.92 Å². The highest BCUT2D eigenvalue weighted by Crippen LogP contribution is 2.27. The van der Waals surface area contributed by atoms with E-state index in [1.165, 1.54) is 69.3 Å². The van der Waals surface area contributed by atoms with Gasteiger partial charge in [-0.05, 0) is 25.0 Å². The monoisotopic (exact) mass is 432 g/mol. The maximum absolute atomic E-state index is 12.4. The molecule has 0 atom stereocenters. The van der Waals surface area contributed by atoms with E-state index in [0.717, 1.165) is 25.7 Å². The molecule has 0 bridgehead atoms. The van der Waals surface area contributed by atoms with Crippen LogP contribution in [0.3, 0.4) is 0 Å². The molecule has 0 heterocycles. The molecule has 7 nitrogen and oxygen atoms in total. The first-order valence-corrected chi connectivity index (χ1v) is 11.0. The lowest BCUT2D eigenvalue weighted by molar-refractivity contribution is -0.384. The van der Waals surface area contributed by atoms with Gasteiger partial charge in [-0.2, -0.15) is 5.26 Å². The number of nitrogens with one attached hydrogen (secondary N) is 2. The molecular weight excluding hydrogens is 404 g/mol. The van der Waals surface area contributed by atoms with E-state index in [1.807, 2.05) is 6.07 Å². The van der Waals surface area contributed by atoms with E-state index in [-0.39, 0.29) is 28.0 Å². The molecule has 0 radical (unpaired) electrons. The van der Waals surface area contributed by atoms with Gasteiger partial charge in [0.2, 0.25) is 0 Å². The van der Waals surface area contributed by atoms with Crippen molar-refractivity contribution in [1.29, 1.82) is 5.26 Å². The number of benzene rings is 1. The largest absolute Gasteiger partial charge is 0.387 e. The van der Waals surface area contributed by atoms with E-state index in [1.54, 1.807) is 0 Å². The minimum absolute atomic E-state index is 0.0155. The number of rotatable bonds is 5. The number of hydrogen-bond acceptors (Lipinski definition) is 5. The molecular formula is C22H29ClN4O3. The predicted molar refractivity (Wildman–Crippen MR) is 118 cm³/mol. The fourth-order valence-electron chi connectivity index (χ4n) is 3.61. The summed E-state index contributed by atoms with van der Waals surface area (Å²) in [7, 11) is 0. The summed E-state index contributed by atoms with van der Waals surface area (Å²) in [5.41, 5.74) is -0.162. The molecule has 162 valence electrons. The number of halogens is 1. The van der Waals surface area contributed by atoms with Gasteiger partial charge in [-0.3, -0.25) is 14.9 Å². The molecule has 1 aliphatic rings. The van der Waals surface area contributed by atoms with Gasteiger partial charge in [-0.15, -0.1) is 0 Å². The number of carbonyl (C=O) groups is 1. The smallest absolute Gasteiger partial charge is 0.289 e. The Bertz CT molecular complexity index is 792. The van der Waals surface area contributed by atoms with Crippen molar-refractivity contribution in [3.05, 3.63) is 45.1 Å². The lowest BCUT2D eigenvalue weighted by atomic mass is 9.98. The molecule has 0 aliphatic heterocycles. The lowest BCUT2D eigenvalue weighted by Gasteiger charge is -2.18. The fourth-order valence-corrected chi connectivity index (χ4v) is 3.80. The quantitative estimate of drug-likeness (QED) is 0.262. The zero-order chi connectivity index (χ0) is 21.8. The number of nitriles is 1. The highest BCUT2D eigenvalue weighted by atomic mass is 35.5. The number of nitro groups is 1. The summed E-state index contributed by atoms with van der Waals surface area (Å²) in [4.78, 5) is 22.8. The van der Waals surface area contributed by atoms with Gasteiger partial charge in [0.25, 0.3) is 11.6 Å². The van der Waals surface area contributed by atoms with Crippen LogP contribution < -0.4 is 10.6 Å². The Hall–Kier alpha value is -2.59. The summed E-state index contributed by atoms with van der Waals surface area (Å²) >= 11 is 5.79. The van der Waals surface area contributed by atoms with Crippen molar-refractivity contribution in [3.63, 3.8) is 0 Å². The fraction of sp³-hybridized carbons (Fsp3) is 0.545. The maximum Gasteiger partial charge on any atom is 0.289 e. The van der Waals surface area contributed by atoms with E-state index >= 15 is 0 Å². The first kappa shape index (κ1) is 23.7. The third-order valence-electron chi connectivity index (χ3n) is 5.33. The van der Waals surface area contributed by atoms with Crippen LogP contribution in [0.15, 0.2) is 30.0 Å². The van der Waals surface area contributed by atoms with Gasteiger partial charge in [-0.25, -0.2) is 0 Å². The van der Waals surface area contributed by atoms with E-state index < -0.39 is 10.8 Å². The molecule has 2 rings (SSSR count). The number of nitrogens with zero attached hydrogens (tertiary/aromatic N) is 2. The minimum Gasteiger partial charge on any atom is -0.387 e. The molecule has 2 N–H and O–H groups in total. The Labute approximate surface area is 182 Å². The van der Waals surface area contributed by atoms with Gasteiger partial charge < -0.3 is 10.6 Å². The summed E-state index contributed by atoms with van der Waals surface area (Å²) in [6, 6.07) is 6.12. The molecule has 0 aromatic heterocycles. The molecule has 1 aromatic carbocycles. The average Bonchev–Trinajstić information content (AvgIpc) is 2.71. The van der Waals surface area contributed by atoms with Crippen LogP contribution in [0.5, 0.6) is 0 Å². The third kappa shape index (κ3) is 8.03.